The minimum Gasteiger partial charge on any atom is -0.469 e. The average Bonchev–Trinajstić information content (AvgIpc) is 2.39. The van der Waals surface area contributed by atoms with Gasteiger partial charge in [0.05, 0.1) is 19.6 Å². The third kappa shape index (κ3) is 5.04. The normalized spacial score (nSPS) is 20.4. The number of carbonyl (C=O) groups excluding carboxylic acids is 2. The van der Waals surface area contributed by atoms with Gasteiger partial charge in [0.25, 0.3) is 0 Å². The van der Waals surface area contributed by atoms with Crippen molar-refractivity contribution in [2.45, 2.75) is 32.6 Å². The molecule has 0 N–H and O–H groups in total. The maximum Gasteiger partial charge on any atom is 0.310 e. The fourth-order valence-corrected chi connectivity index (χ4v) is 2.26. The molecule has 1 aliphatic rings. The Hall–Kier alpha value is -1.10. The largest absolute Gasteiger partial charge is 0.469 e. The molecule has 1 saturated heterocycles. The van der Waals surface area contributed by atoms with Gasteiger partial charge in [0, 0.05) is 13.0 Å². The maximum absolute atomic E-state index is 11.6. The predicted octanol–water partition coefficient (Wildman–Crippen LogP) is 1.21. The highest BCUT2D eigenvalue weighted by molar-refractivity contribution is 5.72. The zero-order valence-electron chi connectivity index (χ0n) is 11.3. The van der Waals surface area contributed by atoms with Crippen LogP contribution in [-0.2, 0) is 19.1 Å². The number of piperidine rings is 1. The van der Waals surface area contributed by atoms with E-state index < -0.39 is 0 Å². The van der Waals surface area contributed by atoms with Crippen LogP contribution in [0.2, 0.25) is 0 Å². The Morgan fingerprint density at radius 2 is 2.17 bits per heavy atom. The van der Waals surface area contributed by atoms with Gasteiger partial charge in [-0.2, -0.15) is 0 Å². The summed E-state index contributed by atoms with van der Waals surface area (Å²) in [6.45, 7) is 4.86. The molecule has 0 aromatic heterocycles. The number of likely N-dealkylation sites (tertiary alicyclic amines) is 1. The smallest absolute Gasteiger partial charge is 0.310 e. The summed E-state index contributed by atoms with van der Waals surface area (Å²) < 4.78 is 9.65. The quantitative estimate of drug-likeness (QED) is 0.670. The van der Waals surface area contributed by atoms with Gasteiger partial charge in [-0.3, -0.25) is 9.59 Å². The van der Waals surface area contributed by atoms with Crippen LogP contribution in [0.5, 0.6) is 0 Å². The lowest BCUT2D eigenvalue weighted by atomic mass is 9.98. The summed E-state index contributed by atoms with van der Waals surface area (Å²) in [6.07, 6.45) is 3.15. The van der Waals surface area contributed by atoms with Gasteiger partial charge in [0.2, 0.25) is 0 Å². The van der Waals surface area contributed by atoms with Crippen molar-refractivity contribution in [1.82, 2.24) is 4.90 Å². The first-order chi connectivity index (χ1) is 8.67. The van der Waals surface area contributed by atoms with E-state index in [4.69, 9.17) is 4.74 Å². The highest BCUT2D eigenvalue weighted by Gasteiger charge is 2.26. The molecule has 18 heavy (non-hydrogen) atoms. The van der Waals surface area contributed by atoms with Crippen LogP contribution in [0.15, 0.2) is 0 Å². The molecule has 0 radical (unpaired) electrons. The molecule has 0 saturated carbocycles. The van der Waals surface area contributed by atoms with Crippen molar-refractivity contribution in [2.24, 2.45) is 5.92 Å². The summed E-state index contributed by atoms with van der Waals surface area (Å²) in [5.41, 5.74) is 0. The number of methoxy groups -OCH3 is 1. The predicted molar refractivity (Wildman–Crippen MR) is 67.0 cm³/mol. The van der Waals surface area contributed by atoms with Gasteiger partial charge < -0.3 is 14.4 Å². The monoisotopic (exact) mass is 257 g/mol. The molecule has 1 fully saturated rings. The zero-order chi connectivity index (χ0) is 13.4. The summed E-state index contributed by atoms with van der Waals surface area (Å²) in [6, 6.07) is 0. The van der Waals surface area contributed by atoms with Crippen molar-refractivity contribution < 1.29 is 19.1 Å². The third-order valence-electron chi connectivity index (χ3n) is 3.21. The molecule has 0 aromatic rings. The minimum atomic E-state index is -0.172. The Bertz CT molecular complexity index is 280. The van der Waals surface area contributed by atoms with Crippen molar-refractivity contribution in [1.29, 1.82) is 0 Å². The van der Waals surface area contributed by atoms with Crippen LogP contribution in [0.25, 0.3) is 0 Å². The summed E-state index contributed by atoms with van der Waals surface area (Å²) >= 11 is 0. The number of carbonyl (C=O) groups is 2. The summed E-state index contributed by atoms with van der Waals surface area (Å²) in [5.74, 6) is -0.263. The lowest BCUT2D eigenvalue weighted by Gasteiger charge is -2.31. The van der Waals surface area contributed by atoms with Gasteiger partial charge in [-0.25, -0.2) is 0 Å². The standard InChI is InChI=1S/C13H23NO4/c1-3-18-13(16)11-6-4-8-14(10-11)9-5-7-12(15)17-2/h11H,3-10H2,1-2H3/t11-/m1/s1. The SMILES string of the molecule is CCOC(=O)[C@@H]1CCCN(CCCC(=O)OC)C1. The molecule has 0 bridgehead atoms. The number of hydrogen-bond acceptors (Lipinski definition) is 5. The molecule has 1 aliphatic heterocycles. The number of ether oxygens (including phenoxy) is 2. The Labute approximate surface area is 108 Å². The molecule has 1 atom stereocenters. The van der Waals surface area contributed by atoms with Gasteiger partial charge in [-0.1, -0.05) is 0 Å². The second kappa shape index (κ2) is 8.08. The molecular formula is C13H23NO4. The third-order valence-corrected chi connectivity index (χ3v) is 3.21. The van der Waals surface area contributed by atoms with E-state index in [1.54, 1.807) is 0 Å². The topological polar surface area (TPSA) is 55.8 Å². The summed E-state index contributed by atoms with van der Waals surface area (Å²) in [7, 11) is 1.40. The van der Waals surface area contributed by atoms with Crippen LogP contribution in [0.3, 0.4) is 0 Å². The fraction of sp³-hybridized carbons (Fsp3) is 0.846. The average molecular weight is 257 g/mol. The summed E-state index contributed by atoms with van der Waals surface area (Å²) in [4.78, 5) is 24.9. The van der Waals surface area contributed by atoms with E-state index >= 15 is 0 Å². The van der Waals surface area contributed by atoms with E-state index in [9.17, 15) is 9.59 Å². The molecule has 1 rings (SSSR count). The van der Waals surface area contributed by atoms with E-state index in [1.165, 1.54) is 7.11 Å². The second-order valence-corrected chi connectivity index (χ2v) is 4.57. The molecule has 104 valence electrons. The first-order valence-electron chi connectivity index (χ1n) is 6.63. The lowest BCUT2D eigenvalue weighted by molar-refractivity contribution is -0.150. The Morgan fingerprint density at radius 3 is 2.83 bits per heavy atom. The molecule has 0 aliphatic carbocycles. The molecule has 5 heteroatoms. The number of rotatable bonds is 6. The van der Waals surface area contributed by atoms with E-state index in [0.29, 0.717) is 13.0 Å². The molecular weight excluding hydrogens is 234 g/mol. The molecule has 0 amide bonds. The first kappa shape index (κ1) is 15.0. The molecule has 1 heterocycles. The van der Waals surface area contributed by atoms with Crippen molar-refractivity contribution in [3.63, 3.8) is 0 Å². The first-order valence-corrected chi connectivity index (χ1v) is 6.63. The van der Waals surface area contributed by atoms with E-state index in [1.807, 2.05) is 6.92 Å². The molecule has 0 aromatic carbocycles. The lowest BCUT2D eigenvalue weighted by Crippen LogP contribution is -2.39. The fourth-order valence-electron chi connectivity index (χ4n) is 2.26. The molecule has 0 unspecified atom stereocenters. The van der Waals surface area contributed by atoms with Crippen LogP contribution in [-0.4, -0.2) is 50.2 Å². The van der Waals surface area contributed by atoms with Crippen LogP contribution in [0, 0.1) is 5.92 Å². The van der Waals surface area contributed by atoms with Gasteiger partial charge >= 0.3 is 11.9 Å². The highest BCUT2D eigenvalue weighted by atomic mass is 16.5. The van der Waals surface area contributed by atoms with Crippen molar-refractivity contribution in [3.05, 3.63) is 0 Å². The van der Waals surface area contributed by atoms with Gasteiger partial charge in [-0.15, -0.1) is 0 Å². The van der Waals surface area contributed by atoms with E-state index in [0.717, 1.165) is 38.9 Å². The van der Waals surface area contributed by atoms with Crippen LogP contribution in [0.1, 0.15) is 32.6 Å². The highest BCUT2D eigenvalue weighted by Crippen LogP contribution is 2.18. The Morgan fingerprint density at radius 1 is 1.39 bits per heavy atom. The summed E-state index contributed by atoms with van der Waals surface area (Å²) in [5, 5.41) is 0. The Kier molecular flexibility index (Phi) is 6.72. The zero-order valence-corrected chi connectivity index (χ0v) is 11.3. The molecule has 0 spiro atoms. The van der Waals surface area contributed by atoms with Crippen LogP contribution < -0.4 is 0 Å². The van der Waals surface area contributed by atoms with Crippen molar-refractivity contribution >= 4 is 11.9 Å². The molecule has 5 nitrogen and oxygen atoms in total. The van der Waals surface area contributed by atoms with Crippen LogP contribution >= 0.6 is 0 Å². The Balaban J connectivity index is 2.26. The van der Waals surface area contributed by atoms with Crippen molar-refractivity contribution in [3.8, 4) is 0 Å². The maximum atomic E-state index is 11.6. The van der Waals surface area contributed by atoms with Crippen LogP contribution in [0.4, 0.5) is 0 Å². The van der Waals surface area contributed by atoms with Gasteiger partial charge in [-0.05, 0) is 39.3 Å². The van der Waals surface area contributed by atoms with Gasteiger partial charge in [0.1, 0.15) is 0 Å². The van der Waals surface area contributed by atoms with E-state index in [-0.39, 0.29) is 17.9 Å². The number of nitrogens with zero attached hydrogens (tertiary/aromatic N) is 1. The second-order valence-electron chi connectivity index (χ2n) is 4.57. The van der Waals surface area contributed by atoms with Crippen molar-refractivity contribution in [2.75, 3.05) is 33.4 Å². The minimum absolute atomic E-state index is 0.00294. The number of hydrogen-bond donors (Lipinski definition) is 0. The number of esters is 2. The van der Waals surface area contributed by atoms with E-state index in [2.05, 4.69) is 9.64 Å². The van der Waals surface area contributed by atoms with Gasteiger partial charge in [0.15, 0.2) is 0 Å².